The van der Waals surface area contributed by atoms with Gasteiger partial charge in [-0.05, 0) is 122 Å². The molecule has 300 valence electrons. The molecule has 0 atom stereocenters. The van der Waals surface area contributed by atoms with E-state index in [4.69, 9.17) is 18.7 Å². The lowest BCUT2D eigenvalue weighted by Crippen LogP contribution is -2.11. The SMILES string of the molecule is [2H]c1nc(-c2cc(-c3cccc4c3nc(-c3ccccc3O)n4-c3cc(C([2H])([2H])[2H])c(-c4ccccc4)cc3-c3ccc(C(C)(C)C)cc3)cc(C(C)(C)C)c2)c([2H])c(-c2c([2H])c([2H])c([2H])c([2H])c2[2H])c1[2H]. The molecule has 0 radical (unpaired) electrons. The van der Waals surface area contributed by atoms with Crippen molar-refractivity contribution in [1.29, 1.82) is 0 Å². The summed E-state index contributed by atoms with van der Waals surface area (Å²) in [5.41, 5.74) is 7.12. The van der Waals surface area contributed by atoms with Crippen LogP contribution in [-0.2, 0) is 10.8 Å². The Morgan fingerprint density at radius 1 is 0.557 bits per heavy atom. The number of aryl methyl sites for hydroxylation is 1. The second-order valence-electron chi connectivity index (χ2n) is 17.3. The molecule has 0 aliphatic rings. The fourth-order valence-electron chi connectivity index (χ4n) is 7.74. The summed E-state index contributed by atoms with van der Waals surface area (Å²) < 4.78 is 98.1. The maximum absolute atomic E-state index is 11.6. The molecule has 7 aromatic carbocycles. The Morgan fingerprint density at radius 2 is 1.25 bits per heavy atom. The standard InChI is InChI=1S/C57H51N3O/c1-37-31-52(49(36-48(37)39-19-12-9-13-20-39)40-25-27-44(28-26-40)56(2,3)4)60-51-23-16-22-46(54(51)59-55(60)47-21-14-15-24-53(47)61)42-32-43(34-45(33-42)57(5,6)7)50-35-41(29-30-58-50)38-17-10-8-11-18-38/h8-36,61H,1-7H3/i1D3,8D,10D,11D,17D,18D,29D,30D,35D. The number of imidazole rings is 1. The van der Waals surface area contributed by atoms with Crippen LogP contribution in [-0.4, -0.2) is 19.6 Å². The number of aromatic hydroxyl groups is 1. The number of nitrogens with zero attached hydrogens (tertiary/aromatic N) is 3. The van der Waals surface area contributed by atoms with Crippen molar-refractivity contribution in [2.24, 2.45) is 0 Å². The van der Waals surface area contributed by atoms with Crippen LogP contribution >= 0.6 is 0 Å². The molecule has 0 spiro atoms. The highest BCUT2D eigenvalue weighted by Crippen LogP contribution is 2.43. The lowest BCUT2D eigenvalue weighted by atomic mass is 9.83. The summed E-state index contributed by atoms with van der Waals surface area (Å²) in [4.78, 5) is 9.78. The van der Waals surface area contributed by atoms with Crippen LogP contribution < -0.4 is 0 Å². The average Bonchev–Trinajstić information content (AvgIpc) is 3.73. The minimum absolute atomic E-state index is 0.0319. The van der Waals surface area contributed by atoms with Gasteiger partial charge in [0.25, 0.3) is 0 Å². The van der Waals surface area contributed by atoms with E-state index in [1.807, 2.05) is 104 Å². The van der Waals surface area contributed by atoms with Gasteiger partial charge in [0.05, 0.1) is 38.9 Å². The molecule has 0 aliphatic heterocycles. The number of rotatable bonds is 7. The molecule has 0 bridgehead atoms. The molecule has 1 N–H and O–H groups in total. The third kappa shape index (κ3) is 7.66. The first-order valence-electron chi connectivity index (χ1n) is 25.7. The molecule has 2 aromatic heterocycles. The van der Waals surface area contributed by atoms with Crippen molar-refractivity contribution in [1.82, 2.24) is 14.5 Å². The van der Waals surface area contributed by atoms with E-state index in [-0.39, 0.29) is 39.6 Å². The summed E-state index contributed by atoms with van der Waals surface area (Å²) in [5.74, 6) is 0.288. The molecule has 0 unspecified atom stereocenters. The average molecular weight is 805 g/mol. The lowest BCUT2D eigenvalue weighted by Gasteiger charge is -2.22. The molecule has 4 heteroatoms. The Bertz CT molecular complexity index is 3600. The monoisotopic (exact) mass is 804 g/mol. The Kier molecular flexibility index (Phi) is 7.24. The smallest absolute Gasteiger partial charge is 0.149 e. The summed E-state index contributed by atoms with van der Waals surface area (Å²) in [6.07, 6.45) is -0.544. The van der Waals surface area contributed by atoms with Crippen molar-refractivity contribution < 1.29 is 20.2 Å². The number of phenols is 1. The molecule has 4 nitrogen and oxygen atoms in total. The third-order valence-corrected chi connectivity index (χ3v) is 11.1. The minimum atomic E-state index is -2.56. The first-order chi connectivity index (χ1) is 33.9. The van der Waals surface area contributed by atoms with Crippen molar-refractivity contribution in [2.45, 2.75) is 59.2 Å². The summed E-state index contributed by atoms with van der Waals surface area (Å²) in [7, 11) is 0. The molecule has 0 saturated heterocycles. The van der Waals surface area contributed by atoms with Crippen molar-refractivity contribution >= 4 is 11.0 Å². The summed E-state index contributed by atoms with van der Waals surface area (Å²) in [6, 6.07) is 35.4. The number of pyridine rings is 1. The maximum atomic E-state index is 11.6. The van der Waals surface area contributed by atoms with Gasteiger partial charge in [0.1, 0.15) is 11.6 Å². The highest BCUT2D eigenvalue weighted by Gasteiger charge is 2.25. The van der Waals surface area contributed by atoms with E-state index in [9.17, 15) is 6.48 Å². The molecular formula is C57H51N3O. The van der Waals surface area contributed by atoms with E-state index >= 15 is 0 Å². The first kappa shape index (κ1) is 28.4. The number of hydrogen-bond donors (Lipinski definition) is 1. The van der Waals surface area contributed by atoms with Crippen LogP contribution in [0, 0.1) is 6.85 Å². The first-order valence-corrected chi connectivity index (χ1v) is 20.2. The molecule has 2 heterocycles. The van der Waals surface area contributed by atoms with Crippen LogP contribution in [0.5, 0.6) is 5.75 Å². The Labute approximate surface area is 375 Å². The molecule has 0 saturated carbocycles. The number of benzene rings is 7. The van der Waals surface area contributed by atoms with Crippen molar-refractivity contribution in [3.05, 3.63) is 193 Å². The second kappa shape index (κ2) is 15.5. The number of hydrogen-bond acceptors (Lipinski definition) is 3. The van der Waals surface area contributed by atoms with Gasteiger partial charge in [0.15, 0.2) is 0 Å². The molecule has 0 amide bonds. The van der Waals surface area contributed by atoms with Crippen molar-refractivity contribution in [2.75, 3.05) is 0 Å². The quantitative estimate of drug-likeness (QED) is 0.175. The molecular weight excluding hydrogens is 743 g/mol. The topological polar surface area (TPSA) is 50.9 Å². The third-order valence-electron chi connectivity index (χ3n) is 11.1. The van der Waals surface area contributed by atoms with Gasteiger partial charge < -0.3 is 5.11 Å². The normalized spacial score (nSPS) is 14.7. The van der Waals surface area contributed by atoms with E-state index in [2.05, 4.69) is 37.9 Å². The maximum Gasteiger partial charge on any atom is 0.149 e. The summed E-state index contributed by atoms with van der Waals surface area (Å²) in [5, 5.41) is 11.6. The van der Waals surface area contributed by atoms with E-state index in [0.29, 0.717) is 55.9 Å². The number of fused-ring (bicyclic) bond motifs is 1. The van der Waals surface area contributed by atoms with Gasteiger partial charge in [-0.1, -0.05) is 157 Å². The Hall–Kier alpha value is -7.04. The van der Waals surface area contributed by atoms with Crippen LogP contribution in [0.3, 0.4) is 0 Å². The lowest BCUT2D eigenvalue weighted by molar-refractivity contribution is 0.477. The van der Waals surface area contributed by atoms with Crippen molar-refractivity contribution in [3.8, 4) is 78.6 Å². The van der Waals surface area contributed by atoms with E-state index in [1.54, 1.807) is 36.4 Å². The van der Waals surface area contributed by atoms with Gasteiger partial charge >= 0.3 is 0 Å². The zero-order valence-electron chi connectivity index (χ0n) is 45.9. The van der Waals surface area contributed by atoms with Crippen LogP contribution in [0.25, 0.3) is 83.9 Å². The van der Waals surface area contributed by atoms with Gasteiger partial charge in [-0.25, -0.2) is 4.98 Å². The van der Waals surface area contributed by atoms with Gasteiger partial charge in [0, 0.05) is 27.0 Å². The zero-order valence-corrected chi connectivity index (χ0v) is 34.9. The van der Waals surface area contributed by atoms with E-state index in [0.717, 1.165) is 22.3 Å². The largest absolute Gasteiger partial charge is 0.507 e. The molecule has 0 aliphatic carbocycles. The predicted octanol–water partition coefficient (Wildman–Crippen LogP) is 15.0. The zero-order chi connectivity index (χ0) is 51.9. The Morgan fingerprint density at radius 3 is 1.97 bits per heavy atom. The fourth-order valence-corrected chi connectivity index (χ4v) is 7.74. The van der Waals surface area contributed by atoms with E-state index in [1.165, 1.54) is 0 Å². The molecule has 9 aromatic rings. The predicted molar refractivity (Wildman–Crippen MR) is 255 cm³/mol. The Balaban J connectivity index is 1.37. The molecule has 9 rings (SSSR count). The van der Waals surface area contributed by atoms with Gasteiger partial charge in [-0.2, -0.15) is 0 Å². The second-order valence-corrected chi connectivity index (χ2v) is 17.3. The summed E-state index contributed by atoms with van der Waals surface area (Å²) >= 11 is 0. The minimum Gasteiger partial charge on any atom is -0.507 e. The van der Waals surface area contributed by atoms with Crippen molar-refractivity contribution in [3.63, 3.8) is 0 Å². The number of phenolic OH excluding ortho intramolecular Hbond substituents is 1. The van der Waals surface area contributed by atoms with Crippen LogP contribution in [0.2, 0.25) is 0 Å². The number of para-hydroxylation sites is 2. The van der Waals surface area contributed by atoms with Crippen LogP contribution in [0.1, 0.15) is 73.3 Å². The fraction of sp³-hybridized carbons (Fsp3) is 0.158. The van der Waals surface area contributed by atoms with Gasteiger partial charge in [-0.3, -0.25) is 9.55 Å². The molecule has 0 fully saturated rings. The molecule has 61 heavy (non-hydrogen) atoms. The van der Waals surface area contributed by atoms with Gasteiger partial charge in [0.2, 0.25) is 0 Å². The summed E-state index contributed by atoms with van der Waals surface area (Å²) in [6.45, 7) is 9.94. The van der Waals surface area contributed by atoms with E-state index < -0.39 is 54.7 Å². The van der Waals surface area contributed by atoms with Crippen LogP contribution in [0.4, 0.5) is 0 Å². The van der Waals surface area contributed by atoms with Gasteiger partial charge in [-0.15, -0.1) is 0 Å². The van der Waals surface area contributed by atoms with Crippen LogP contribution in [0.15, 0.2) is 176 Å². The highest BCUT2D eigenvalue weighted by atomic mass is 16.3. The highest BCUT2D eigenvalue weighted by molar-refractivity contribution is 5.98. The number of aromatic nitrogens is 3.